The van der Waals surface area contributed by atoms with Gasteiger partial charge in [0.2, 0.25) is 0 Å². The highest BCUT2D eigenvalue weighted by Crippen LogP contribution is 2.24. The molecule has 104 valence electrons. The summed E-state index contributed by atoms with van der Waals surface area (Å²) in [5, 5.41) is 12.1. The zero-order valence-electron chi connectivity index (χ0n) is 11.2. The molecule has 1 aromatic carbocycles. The lowest BCUT2D eigenvalue weighted by atomic mass is 10.1. The molecule has 1 unspecified atom stereocenters. The second kappa shape index (κ2) is 6.19. The molecule has 6 heteroatoms. The third-order valence-electron chi connectivity index (χ3n) is 2.62. The van der Waals surface area contributed by atoms with Crippen molar-refractivity contribution in [3.8, 4) is 5.75 Å². The fraction of sp³-hybridized carbons (Fsp3) is 0.385. The third-order valence-corrected chi connectivity index (χ3v) is 2.62. The highest BCUT2D eigenvalue weighted by molar-refractivity contribution is 6.08. The highest BCUT2D eigenvalue weighted by atomic mass is 16.5. The van der Waals surface area contributed by atoms with E-state index < -0.39 is 17.9 Å². The summed E-state index contributed by atoms with van der Waals surface area (Å²) >= 11 is 0. The summed E-state index contributed by atoms with van der Waals surface area (Å²) in [6, 6.07) is 1.77. The molecular formula is C13H18N2O4. The molecule has 0 radical (unpaired) electrons. The average Bonchev–Trinajstić information content (AvgIpc) is 2.35. The van der Waals surface area contributed by atoms with Gasteiger partial charge in [-0.15, -0.1) is 0 Å². The normalized spacial score (nSPS) is 11.8. The first kappa shape index (κ1) is 15.0. The van der Waals surface area contributed by atoms with Crippen molar-refractivity contribution in [2.75, 3.05) is 11.9 Å². The highest BCUT2D eigenvalue weighted by Gasteiger charge is 2.23. The second-order valence-corrected chi connectivity index (χ2v) is 4.17. The van der Waals surface area contributed by atoms with Crippen molar-refractivity contribution in [2.24, 2.45) is 5.73 Å². The molecular weight excluding hydrogens is 248 g/mol. The summed E-state index contributed by atoms with van der Waals surface area (Å²) in [6.07, 6.45) is 0. The molecule has 0 fully saturated rings. The molecule has 1 aromatic rings. The van der Waals surface area contributed by atoms with Crippen LogP contribution in [-0.2, 0) is 14.3 Å². The number of rotatable bonds is 4. The van der Waals surface area contributed by atoms with Gasteiger partial charge in [-0.3, -0.25) is 4.79 Å². The fourth-order valence-electron chi connectivity index (χ4n) is 1.49. The van der Waals surface area contributed by atoms with Gasteiger partial charge in [-0.2, -0.15) is 0 Å². The topological polar surface area (TPSA) is 102 Å². The summed E-state index contributed by atoms with van der Waals surface area (Å²) < 4.78 is 4.67. The molecule has 0 saturated carbocycles. The Morgan fingerprint density at radius 3 is 2.58 bits per heavy atom. The lowest BCUT2D eigenvalue weighted by Gasteiger charge is -2.14. The van der Waals surface area contributed by atoms with Gasteiger partial charge in [-0.05, 0) is 44.0 Å². The number of carbonyl (C=O) groups is 2. The lowest BCUT2D eigenvalue weighted by Crippen LogP contribution is -2.43. The van der Waals surface area contributed by atoms with Crippen molar-refractivity contribution < 1.29 is 19.4 Å². The average molecular weight is 266 g/mol. The molecule has 0 heterocycles. The van der Waals surface area contributed by atoms with Gasteiger partial charge in [0.1, 0.15) is 5.75 Å². The van der Waals surface area contributed by atoms with Crippen LogP contribution >= 0.6 is 0 Å². The van der Waals surface area contributed by atoms with Crippen molar-refractivity contribution in [2.45, 2.75) is 26.8 Å². The van der Waals surface area contributed by atoms with Gasteiger partial charge in [0.25, 0.3) is 5.91 Å². The minimum Gasteiger partial charge on any atom is -0.508 e. The van der Waals surface area contributed by atoms with Crippen LogP contribution in [0.2, 0.25) is 0 Å². The molecule has 0 saturated heterocycles. The Bertz CT molecular complexity index is 500. The van der Waals surface area contributed by atoms with Crippen LogP contribution in [0, 0.1) is 13.8 Å². The molecule has 6 nitrogen and oxygen atoms in total. The van der Waals surface area contributed by atoms with Crippen LogP contribution in [0.4, 0.5) is 5.69 Å². The van der Waals surface area contributed by atoms with Gasteiger partial charge in [0, 0.05) is 5.69 Å². The van der Waals surface area contributed by atoms with Crippen molar-refractivity contribution >= 4 is 17.6 Å². The van der Waals surface area contributed by atoms with E-state index in [0.29, 0.717) is 16.8 Å². The van der Waals surface area contributed by atoms with E-state index in [1.807, 2.05) is 0 Å². The smallest absolute Gasteiger partial charge is 0.332 e. The first-order valence-corrected chi connectivity index (χ1v) is 5.90. The minimum atomic E-state index is -1.37. The lowest BCUT2D eigenvalue weighted by molar-refractivity contribution is -0.146. The van der Waals surface area contributed by atoms with Crippen LogP contribution in [0.1, 0.15) is 18.1 Å². The Labute approximate surface area is 111 Å². The SMILES string of the molecule is CCOC(=O)C(N)C(=O)Nc1cc(C)c(O)cc1C. The van der Waals surface area contributed by atoms with E-state index >= 15 is 0 Å². The van der Waals surface area contributed by atoms with Gasteiger partial charge < -0.3 is 20.9 Å². The number of hydrogen-bond acceptors (Lipinski definition) is 5. The summed E-state index contributed by atoms with van der Waals surface area (Å²) in [6.45, 7) is 5.23. The van der Waals surface area contributed by atoms with E-state index in [1.54, 1.807) is 26.8 Å². The van der Waals surface area contributed by atoms with Crippen molar-refractivity contribution in [3.63, 3.8) is 0 Å². The monoisotopic (exact) mass is 266 g/mol. The number of esters is 1. The van der Waals surface area contributed by atoms with Gasteiger partial charge in [0.05, 0.1) is 6.61 Å². The zero-order chi connectivity index (χ0) is 14.6. The van der Waals surface area contributed by atoms with E-state index in [0.717, 1.165) is 0 Å². The Hall–Kier alpha value is -2.08. The van der Waals surface area contributed by atoms with E-state index in [1.165, 1.54) is 6.07 Å². The third kappa shape index (κ3) is 3.69. The number of anilines is 1. The predicted molar refractivity (Wildman–Crippen MR) is 70.8 cm³/mol. The molecule has 1 rings (SSSR count). The fourth-order valence-corrected chi connectivity index (χ4v) is 1.49. The Morgan fingerprint density at radius 2 is 2.00 bits per heavy atom. The number of aromatic hydroxyl groups is 1. The molecule has 0 aliphatic carbocycles. The first-order chi connectivity index (χ1) is 8.86. The minimum absolute atomic E-state index is 0.144. The molecule has 1 atom stereocenters. The molecule has 19 heavy (non-hydrogen) atoms. The Morgan fingerprint density at radius 1 is 1.37 bits per heavy atom. The van der Waals surface area contributed by atoms with Gasteiger partial charge in [0.15, 0.2) is 6.04 Å². The summed E-state index contributed by atoms with van der Waals surface area (Å²) in [7, 11) is 0. The van der Waals surface area contributed by atoms with Crippen LogP contribution < -0.4 is 11.1 Å². The van der Waals surface area contributed by atoms with Gasteiger partial charge in [-0.25, -0.2) is 4.79 Å². The number of nitrogens with one attached hydrogen (secondary N) is 1. The standard InChI is InChI=1S/C13H18N2O4/c1-4-19-13(18)11(14)12(17)15-9-5-8(3)10(16)6-7(9)2/h5-6,11,16H,4,14H2,1-3H3,(H,15,17). The van der Waals surface area contributed by atoms with Crippen molar-refractivity contribution in [3.05, 3.63) is 23.3 Å². The number of phenols is 1. The number of amides is 1. The van der Waals surface area contributed by atoms with Crippen LogP contribution in [0.5, 0.6) is 5.75 Å². The number of nitrogens with two attached hydrogens (primary N) is 1. The van der Waals surface area contributed by atoms with Crippen molar-refractivity contribution in [1.29, 1.82) is 0 Å². The molecule has 4 N–H and O–H groups in total. The number of carbonyl (C=O) groups excluding carboxylic acids is 2. The predicted octanol–water partition coefficient (Wildman–Crippen LogP) is 0.838. The molecule has 0 aromatic heterocycles. The largest absolute Gasteiger partial charge is 0.508 e. The zero-order valence-corrected chi connectivity index (χ0v) is 11.2. The number of phenolic OH excluding ortho intramolecular Hbond substituents is 1. The molecule has 0 aliphatic rings. The maximum atomic E-state index is 11.8. The summed E-state index contributed by atoms with van der Waals surface area (Å²) in [4.78, 5) is 23.1. The first-order valence-electron chi connectivity index (χ1n) is 5.90. The second-order valence-electron chi connectivity index (χ2n) is 4.17. The maximum absolute atomic E-state index is 11.8. The summed E-state index contributed by atoms with van der Waals surface area (Å²) in [5.41, 5.74) is 7.27. The summed E-state index contributed by atoms with van der Waals surface area (Å²) in [5.74, 6) is -1.27. The number of aryl methyl sites for hydroxylation is 2. The quantitative estimate of drug-likeness (QED) is 0.426. The van der Waals surface area contributed by atoms with Crippen LogP contribution in [0.15, 0.2) is 12.1 Å². The van der Waals surface area contributed by atoms with E-state index in [-0.39, 0.29) is 12.4 Å². The molecule has 1 amide bonds. The van der Waals surface area contributed by atoms with Gasteiger partial charge >= 0.3 is 5.97 Å². The molecule has 0 spiro atoms. The Balaban J connectivity index is 2.82. The van der Waals surface area contributed by atoms with E-state index in [9.17, 15) is 14.7 Å². The maximum Gasteiger partial charge on any atom is 0.332 e. The molecule has 0 aliphatic heterocycles. The Kier molecular flexibility index (Phi) is 4.88. The van der Waals surface area contributed by atoms with Crippen LogP contribution in [0.25, 0.3) is 0 Å². The van der Waals surface area contributed by atoms with Gasteiger partial charge in [-0.1, -0.05) is 0 Å². The number of hydrogen-bond donors (Lipinski definition) is 3. The molecule has 0 bridgehead atoms. The van der Waals surface area contributed by atoms with E-state index in [4.69, 9.17) is 5.73 Å². The van der Waals surface area contributed by atoms with E-state index in [2.05, 4.69) is 10.1 Å². The number of benzene rings is 1. The van der Waals surface area contributed by atoms with Crippen molar-refractivity contribution in [1.82, 2.24) is 0 Å². The van der Waals surface area contributed by atoms with Crippen LogP contribution in [-0.4, -0.2) is 29.6 Å². The van der Waals surface area contributed by atoms with Crippen LogP contribution in [0.3, 0.4) is 0 Å². The number of ether oxygens (including phenoxy) is 1.